The summed E-state index contributed by atoms with van der Waals surface area (Å²) in [7, 11) is 0. The lowest BCUT2D eigenvalue weighted by Crippen LogP contribution is -1.98. The van der Waals surface area contributed by atoms with Crippen LogP contribution < -0.4 is 0 Å². The van der Waals surface area contributed by atoms with Gasteiger partial charge in [-0.3, -0.25) is 4.99 Å². The fraction of sp³-hybridized carbons (Fsp3) is 0.231. The van der Waals surface area contributed by atoms with Crippen molar-refractivity contribution in [1.29, 1.82) is 0 Å². The Bertz CT molecular complexity index is 575. The monoisotopic (exact) mass is 228 g/mol. The SMILES string of the molecule is Cc1cc(C2=NCCS2)nc2ccccc12. The Hall–Kier alpha value is -1.35. The number of aliphatic imine (C=N–C) groups is 1. The van der Waals surface area contributed by atoms with Crippen LogP contribution in [-0.4, -0.2) is 22.3 Å². The first kappa shape index (κ1) is 9.85. The second-order valence-corrected chi connectivity index (χ2v) is 4.96. The minimum Gasteiger partial charge on any atom is -0.275 e. The van der Waals surface area contributed by atoms with Gasteiger partial charge in [0.2, 0.25) is 0 Å². The summed E-state index contributed by atoms with van der Waals surface area (Å²) in [6.07, 6.45) is 0. The number of fused-ring (bicyclic) bond motifs is 1. The van der Waals surface area contributed by atoms with Gasteiger partial charge in [-0.15, -0.1) is 11.8 Å². The Morgan fingerprint density at radius 1 is 1.25 bits per heavy atom. The van der Waals surface area contributed by atoms with E-state index in [9.17, 15) is 0 Å². The number of pyridine rings is 1. The molecule has 3 rings (SSSR count). The quantitative estimate of drug-likeness (QED) is 0.749. The van der Waals surface area contributed by atoms with Gasteiger partial charge in [-0.25, -0.2) is 4.98 Å². The third kappa shape index (κ3) is 1.61. The van der Waals surface area contributed by atoms with E-state index in [0.29, 0.717) is 0 Å². The first-order chi connectivity index (χ1) is 7.84. The summed E-state index contributed by atoms with van der Waals surface area (Å²) in [4.78, 5) is 9.14. The van der Waals surface area contributed by atoms with Gasteiger partial charge in [0, 0.05) is 17.7 Å². The van der Waals surface area contributed by atoms with Gasteiger partial charge in [0.05, 0.1) is 11.2 Å². The van der Waals surface area contributed by atoms with E-state index in [2.05, 4.69) is 41.2 Å². The number of nitrogens with zero attached hydrogens (tertiary/aromatic N) is 2. The maximum Gasteiger partial charge on any atom is 0.116 e. The number of hydrogen-bond acceptors (Lipinski definition) is 3. The molecule has 1 aromatic heterocycles. The average Bonchev–Trinajstić information content (AvgIpc) is 2.82. The Labute approximate surface area is 98.8 Å². The molecule has 1 aliphatic rings. The second-order valence-electron chi connectivity index (χ2n) is 3.88. The maximum absolute atomic E-state index is 4.67. The van der Waals surface area contributed by atoms with Gasteiger partial charge >= 0.3 is 0 Å². The predicted octanol–water partition coefficient (Wildman–Crippen LogP) is 3.04. The van der Waals surface area contributed by atoms with E-state index in [0.717, 1.165) is 28.6 Å². The van der Waals surface area contributed by atoms with Gasteiger partial charge in [0.15, 0.2) is 0 Å². The van der Waals surface area contributed by atoms with Gasteiger partial charge in [-0.1, -0.05) is 18.2 Å². The molecule has 3 heteroatoms. The molecule has 0 aliphatic carbocycles. The van der Waals surface area contributed by atoms with Crippen LogP contribution in [0.15, 0.2) is 35.3 Å². The molecule has 1 aliphatic heterocycles. The van der Waals surface area contributed by atoms with E-state index in [-0.39, 0.29) is 0 Å². The highest BCUT2D eigenvalue weighted by Crippen LogP contribution is 2.22. The normalized spacial score (nSPS) is 15.4. The molecule has 0 N–H and O–H groups in total. The topological polar surface area (TPSA) is 25.2 Å². The van der Waals surface area contributed by atoms with Crippen molar-refractivity contribution in [2.75, 3.05) is 12.3 Å². The Morgan fingerprint density at radius 2 is 2.12 bits per heavy atom. The molecule has 0 saturated carbocycles. The Kier molecular flexibility index (Phi) is 2.40. The van der Waals surface area contributed by atoms with Crippen molar-refractivity contribution in [2.45, 2.75) is 6.92 Å². The molecular formula is C13H12N2S. The van der Waals surface area contributed by atoms with Crippen LogP contribution in [0, 0.1) is 6.92 Å². The molecule has 2 heterocycles. The number of benzene rings is 1. The zero-order chi connectivity index (χ0) is 11.0. The van der Waals surface area contributed by atoms with Crippen LogP contribution in [0.2, 0.25) is 0 Å². The molecule has 2 aromatic rings. The zero-order valence-corrected chi connectivity index (χ0v) is 9.92. The fourth-order valence-electron chi connectivity index (χ4n) is 1.95. The predicted molar refractivity (Wildman–Crippen MR) is 70.3 cm³/mol. The number of para-hydroxylation sites is 1. The van der Waals surface area contributed by atoms with Crippen molar-refractivity contribution in [3.8, 4) is 0 Å². The van der Waals surface area contributed by atoms with Gasteiger partial charge in [0.25, 0.3) is 0 Å². The minimum atomic E-state index is 0.924. The van der Waals surface area contributed by atoms with Crippen molar-refractivity contribution >= 4 is 27.7 Å². The van der Waals surface area contributed by atoms with Gasteiger partial charge in [-0.2, -0.15) is 0 Å². The highest BCUT2D eigenvalue weighted by Gasteiger charge is 2.12. The van der Waals surface area contributed by atoms with Gasteiger partial charge in [-0.05, 0) is 24.6 Å². The second kappa shape index (κ2) is 3.91. The van der Waals surface area contributed by atoms with Crippen molar-refractivity contribution in [2.24, 2.45) is 4.99 Å². The first-order valence-corrected chi connectivity index (χ1v) is 6.37. The molecule has 0 fully saturated rings. The third-order valence-corrected chi connectivity index (χ3v) is 3.73. The van der Waals surface area contributed by atoms with E-state index >= 15 is 0 Å². The third-order valence-electron chi connectivity index (χ3n) is 2.73. The molecule has 0 atom stereocenters. The Balaban J connectivity index is 2.21. The summed E-state index contributed by atoms with van der Waals surface area (Å²) in [5, 5.41) is 2.32. The molecule has 0 spiro atoms. The molecule has 80 valence electrons. The standard InChI is InChI=1S/C13H12N2S/c1-9-8-12(13-14-6-7-16-13)15-11-5-3-2-4-10(9)11/h2-5,8H,6-7H2,1H3. The van der Waals surface area contributed by atoms with Crippen LogP contribution in [-0.2, 0) is 0 Å². The van der Waals surface area contributed by atoms with Crippen LogP contribution in [0.4, 0.5) is 0 Å². The molecule has 0 radical (unpaired) electrons. The van der Waals surface area contributed by atoms with Crippen LogP contribution in [0.5, 0.6) is 0 Å². The van der Waals surface area contributed by atoms with Crippen LogP contribution in [0.25, 0.3) is 10.9 Å². The molecule has 1 aromatic carbocycles. The van der Waals surface area contributed by atoms with Crippen LogP contribution in [0.3, 0.4) is 0 Å². The highest BCUT2D eigenvalue weighted by molar-refractivity contribution is 8.14. The van der Waals surface area contributed by atoms with E-state index < -0.39 is 0 Å². The number of thioether (sulfide) groups is 1. The van der Waals surface area contributed by atoms with E-state index in [1.54, 1.807) is 11.8 Å². The number of aromatic nitrogens is 1. The summed E-state index contributed by atoms with van der Waals surface area (Å²) in [5.74, 6) is 1.09. The van der Waals surface area contributed by atoms with Crippen LogP contribution >= 0.6 is 11.8 Å². The van der Waals surface area contributed by atoms with Crippen molar-refractivity contribution in [3.63, 3.8) is 0 Å². The van der Waals surface area contributed by atoms with E-state index in [4.69, 9.17) is 0 Å². The van der Waals surface area contributed by atoms with Crippen molar-refractivity contribution in [3.05, 3.63) is 41.6 Å². The van der Waals surface area contributed by atoms with E-state index in [1.165, 1.54) is 10.9 Å². The lowest BCUT2D eigenvalue weighted by atomic mass is 10.1. The molecular weight excluding hydrogens is 216 g/mol. The largest absolute Gasteiger partial charge is 0.275 e. The fourth-order valence-corrected chi connectivity index (χ4v) is 2.76. The number of hydrogen-bond donors (Lipinski definition) is 0. The first-order valence-electron chi connectivity index (χ1n) is 5.38. The smallest absolute Gasteiger partial charge is 0.116 e. The molecule has 0 bridgehead atoms. The summed E-state index contributed by atoms with van der Waals surface area (Å²) < 4.78 is 0. The average molecular weight is 228 g/mol. The number of aryl methyl sites for hydroxylation is 1. The zero-order valence-electron chi connectivity index (χ0n) is 9.10. The molecule has 16 heavy (non-hydrogen) atoms. The Morgan fingerprint density at radius 3 is 2.94 bits per heavy atom. The molecule has 0 saturated heterocycles. The lowest BCUT2D eigenvalue weighted by molar-refractivity contribution is 1.17. The highest BCUT2D eigenvalue weighted by atomic mass is 32.2. The number of rotatable bonds is 1. The summed E-state index contributed by atoms with van der Waals surface area (Å²) >= 11 is 1.80. The summed E-state index contributed by atoms with van der Waals surface area (Å²) in [5.41, 5.74) is 3.36. The van der Waals surface area contributed by atoms with Gasteiger partial charge < -0.3 is 0 Å². The molecule has 2 nitrogen and oxygen atoms in total. The molecule has 0 amide bonds. The minimum absolute atomic E-state index is 0.924. The maximum atomic E-state index is 4.67. The van der Waals surface area contributed by atoms with Crippen molar-refractivity contribution < 1.29 is 0 Å². The summed E-state index contributed by atoms with van der Waals surface area (Å²) in [6.45, 7) is 3.06. The molecule has 0 unspecified atom stereocenters. The summed E-state index contributed by atoms with van der Waals surface area (Å²) in [6, 6.07) is 10.4. The van der Waals surface area contributed by atoms with Crippen molar-refractivity contribution in [1.82, 2.24) is 4.98 Å². The van der Waals surface area contributed by atoms with E-state index in [1.807, 2.05) is 6.07 Å². The van der Waals surface area contributed by atoms with Gasteiger partial charge in [0.1, 0.15) is 5.04 Å². The van der Waals surface area contributed by atoms with Crippen LogP contribution in [0.1, 0.15) is 11.3 Å². The lowest BCUT2D eigenvalue weighted by Gasteiger charge is -2.05.